The molecule has 1 atom stereocenters. The number of rotatable bonds is 4. The molecule has 0 heterocycles. The van der Waals surface area contributed by atoms with Gasteiger partial charge in [-0.25, -0.2) is 0 Å². The van der Waals surface area contributed by atoms with Crippen LogP contribution in [0.3, 0.4) is 0 Å². The molecule has 0 saturated carbocycles. The molecule has 0 rings (SSSR count). The molecule has 15 heavy (non-hydrogen) atoms. The molecule has 0 fully saturated rings. The van der Waals surface area contributed by atoms with Gasteiger partial charge in [-0.05, 0) is 5.92 Å². The van der Waals surface area contributed by atoms with E-state index in [1.54, 1.807) is 0 Å². The maximum absolute atomic E-state index is 2.31. The summed E-state index contributed by atoms with van der Waals surface area (Å²) in [6.07, 6.45) is 6.72. The second-order valence-corrected chi connectivity index (χ2v) is 3.30. The quantitative estimate of drug-likeness (QED) is 0.493. The Kier molecular flexibility index (Phi) is 59.9. The van der Waals surface area contributed by atoms with Gasteiger partial charge in [0, 0.05) is 0 Å². The summed E-state index contributed by atoms with van der Waals surface area (Å²) in [4.78, 5) is 0. The van der Waals surface area contributed by atoms with Crippen LogP contribution in [-0.4, -0.2) is 0 Å². The van der Waals surface area contributed by atoms with Crippen molar-refractivity contribution in [3.63, 3.8) is 0 Å². The molecular formula is C15H38. The Balaban J connectivity index is -0.0000000647. The summed E-state index contributed by atoms with van der Waals surface area (Å²) in [5, 5.41) is 0. The number of hydrogen-bond donors (Lipinski definition) is 0. The zero-order valence-electron chi connectivity index (χ0n) is 13.1. The van der Waals surface area contributed by atoms with Gasteiger partial charge in [-0.2, -0.15) is 0 Å². The molecule has 0 bridgehead atoms. The van der Waals surface area contributed by atoms with Gasteiger partial charge in [-0.15, -0.1) is 0 Å². The van der Waals surface area contributed by atoms with E-state index in [1.807, 2.05) is 27.7 Å². The highest BCUT2D eigenvalue weighted by Crippen LogP contribution is 2.07. The summed E-state index contributed by atoms with van der Waals surface area (Å²) in [5.41, 5.74) is 0. The van der Waals surface area contributed by atoms with E-state index in [9.17, 15) is 0 Å². The van der Waals surface area contributed by atoms with E-state index >= 15 is 0 Å². The van der Waals surface area contributed by atoms with Crippen LogP contribution >= 0.6 is 0 Å². The van der Waals surface area contributed by atoms with Gasteiger partial charge in [0.1, 0.15) is 0 Å². The highest BCUT2D eigenvalue weighted by molar-refractivity contribution is 4.45. The van der Waals surface area contributed by atoms with E-state index in [0.29, 0.717) is 0 Å². The van der Waals surface area contributed by atoms with Gasteiger partial charge in [-0.1, -0.05) is 94.4 Å². The van der Waals surface area contributed by atoms with Crippen LogP contribution in [0.25, 0.3) is 0 Å². The van der Waals surface area contributed by atoms with Crippen LogP contribution in [0.5, 0.6) is 0 Å². The summed E-state index contributed by atoms with van der Waals surface area (Å²) >= 11 is 0. The lowest BCUT2D eigenvalue weighted by molar-refractivity contribution is 0.509. The molecule has 0 amide bonds. The van der Waals surface area contributed by atoms with Gasteiger partial charge in [0.15, 0.2) is 0 Å². The molecule has 0 aromatic carbocycles. The lowest BCUT2D eigenvalue weighted by Gasteiger charge is -2.02. The molecule has 0 saturated heterocycles. The van der Waals surface area contributed by atoms with Crippen LogP contribution in [0.4, 0.5) is 0 Å². The molecule has 0 radical (unpaired) electrons. The van der Waals surface area contributed by atoms with Crippen molar-refractivity contribution >= 4 is 0 Å². The zero-order chi connectivity index (χ0) is 13.1. The number of hydrogen-bond acceptors (Lipinski definition) is 0. The Morgan fingerprint density at radius 1 is 0.667 bits per heavy atom. The predicted molar refractivity (Wildman–Crippen MR) is 77.6 cm³/mol. The summed E-state index contributed by atoms with van der Waals surface area (Å²) < 4.78 is 0. The second kappa shape index (κ2) is 37.0. The van der Waals surface area contributed by atoms with Crippen LogP contribution in [0, 0.1) is 5.92 Å². The predicted octanol–water partition coefficient (Wildman–Crippen LogP) is 6.69. The minimum atomic E-state index is 0.949. The molecule has 0 N–H and O–H groups in total. The molecule has 0 aromatic rings. The third kappa shape index (κ3) is 56.0. The van der Waals surface area contributed by atoms with Crippen LogP contribution < -0.4 is 0 Å². The van der Waals surface area contributed by atoms with Crippen molar-refractivity contribution in [3.8, 4) is 0 Å². The Morgan fingerprint density at radius 2 is 1.00 bits per heavy atom. The van der Waals surface area contributed by atoms with Crippen LogP contribution in [0.15, 0.2) is 0 Å². The van der Waals surface area contributed by atoms with Crippen LogP contribution in [0.1, 0.15) is 94.4 Å². The van der Waals surface area contributed by atoms with Crippen molar-refractivity contribution in [2.75, 3.05) is 0 Å². The van der Waals surface area contributed by atoms with Crippen LogP contribution in [-0.2, 0) is 0 Å². The lowest BCUT2D eigenvalue weighted by atomic mass is 10.0. The monoisotopic (exact) mass is 218 g/mol. The smallest absolute Gasteiger partial charge is 0.0446 e. The van der Waals surface area contributed by atoms with E-state index < -0.39 is 0 Å². The third-order valence-corrected chi connectivity index (χ3v) is 1.98. The molecule has 0 aliphatic heterocycles. The molecule has 1 unspecified atom stereocenters. The maximum atomic E-state index is 2.31. The van der Waals surface area contributed by atoms with Gasteiger partial charge in [0.2, 0.25) is 0 Å². The molecule has 0 aliphatic rings. The fraction of sp³-hybridized carbons (Fsp3) is 1.00. The highest BCUT2D eigenvalue weighted by atomic mass is 14.0. The molecule has 98 valence electrons. The van der Waals surface area contributed by atoms with Gasteiger partial charge < -0.3 is 0 Å². The largest absolute Gasteiger partial charge is 0.0683 e. The fourth-order valence-corrected chi connectivity index (χ4v) is 0.697. The number of unbranched alkanes of at least 4 members (excludes halogenated alkanes) is 1. The van der Waals surface area contributed by atoms with Gasteiger partial charge in [0.25, 0.3) is 0 Å². The first-order chi connectivity index (χ1) is 7.22. The minimum Gasteiger partial charge on any atom is -0.0683 e. The molecule has 0 aromatic heterocycles. The van der Waals surface area contributed by atoms with Gasteiger partial charge in [-0.3, -0.25) is 0 Å². The summed E-state index contributed by atoms with van der Waals surface area (Å²) in [6, 6.07) is 0. The molecule has 0 aliphatic carbocycles. The normalized spacial score (nSPS) is 9.40. The maximum Gasteiger partial charge on any atom is -0.0446 e. The summed E-state index contributed by atoms with van der Waals surface area (Å²) in [7, 11) is 0. The van der Waals surface area contributed by atoms with E-state index in [1.165, 1.54) is 32.1 Å². The average molecular weight is 218 g/mol. The van der Waals surface area contributed by atoms with Crippen molar-refractivity contribution in [2.24, 2.45) is 5.92 Å². The Labute approximate surface area is 101 Å². The molecule has 0 nitrogen and oxygen atoms in total. The molecule has 0 spiro atoms. The van der Waals surface area contributed by atoms with Crippen LogP contribution in [0.2, 0.25) is 0 Å². The van der Waals surface area contributed by atoms with Crippen molar-refractivity contribution in [1.29, 1.82) is 0 Å². The van der Waals surface area contributed by atoms with E-state index in [0.717, 1.165) is 5.92 Å². The standard InChI is InChI=1S/C7H16.C4H10.2C2H6/c1-4-6-7(3)5-2;1-3-4-2;2*1-2/h7H,4-6H2,1-3H3;3-4H2,1-2H3;2*1-2H3. The first-order valence-electron chi connectivity index (χ1n) is 7.22. The van der Waals surface area contributed by atoms with Gasteiger partial charge >= 0.3 is 0 Å². The zero-order valence-corrected chi connectivity index (χ0v) is 13.1. The topological polar surface area (TPSA) is 0 Å². The average Bonchev–Trinajstić information content (AvgIpc) is 2.34. The first-order valence-corrected chi connectivity index (χ1v) is 7.22. The van der Waals surface area contributed by atoms with E-state index in [2.05, 4.69) is 34.6 Å². The van der Waals surface area contributed by atoms with Gasteiger partial charge in [0.05, 0.1) is 0 Å². The highest BCUT2D eigenvalue weighted by Gasteiger charge is 1.92. The Bertz CT molecular complexity index is 46.0. The Hall–Kier alpha value is 0. The van der Waals surface area contributed by atoms with Crippen molar-refractivity contribution in [3.05, 3.63) is 0 Å². The SMILES string of the molecule is CC.CC.CCCC.CCCC(C)CC. The third-order valence-electron chi connectivity index (χ3n) is 1.98. The minimum absolute atomic E-state index is 0.949. The fourth-order valence-electron chi connectivity index (χ4n) is 0.697. The van der Waals surface area contributed by atoms with Crippen molar-refractivity contribution < 1.29 is 0 Å². The molecule has 0 heteroatoms. The lowest BCUT2D eigenvalue weighted by Crippen LogP contribution is -1.88. The van der Waals surface area contributed by atoms with E-state index in [-0.39, 0.29) is 0 Å². The summed E-state index contributed by atoms with van der Waals surface area (Å²) in [6.45, 7) is 19.2. The van der Waals surface area contributed by atoms with E-state index in [4.69, 9.17) is 0 Å². The molecular weight excluding hydrogens is 180 g/mol. The second-order valence-electron chi connectivity index (χ2n) is 3.30. The van der Waals surface area contributed by atoms with Crippen molar-refractivity contribution in [2.45, 2.75) is 94.4 Å². The first kappa shape index (κ1) is 24.3. The Morgan fingerprint density at radius 3 is 1.07 bits per heavy atom. The summed E-state index contributed by atoms with van der Waals surface area (Å²) in [5.74, 6) is 0.949. The van der Waals surface area contributed by atoms with Crippen molar-refractivity contribution in [1.82, 2.24) is 0 Å².